The number of carbonyl (C=O) groups is 1. The quantitative estimate of drug-likeness (QED) is 0.698. The van der Waals surface area contributed by atoms with Crippen LogP contribution in [0.4, 0.5) is 10.1 Å². The van der Waals surface area contributed by atoms with Crippen molar-refractivity contribution in [2.24, 2.45) is 4.99 Å². The Labute approximate surface area is 172 Å². The summed E-state index contributed by atoms with van der Waals surface area (Å²) in [6.45, 7) is 2.77. The maximum Gasteiger partial charge on any atom is 0.265 e. The summed E-state index contributed by atoms with van der Waals surface area (Å²) < 4.78 is 13.2. The van der Waals surface area contributed by atoms with Crippen LogP contribution in [0.25, 0.3) is 5.57 Å². The normalized spacial score (nSPS) is 28.4. The van der Waals surface area contributed by atoms with Gasteiger partial charge < -0.3 is 15.7 Å². The van der Waals surface area contributed by atoms with Crippen molar-refractivity contribution in [2.45, 2.75) is 43.9 Å². The van der Waals surface area contributed by atoms with Gasteiger partial charge in [-0.05, 0) is 61.9 Å². The van der Waals surface area contributed by atoms with E-state index in [1.165, 1.54) is 29.0 Å². The van der Waals surface area contributed by atoms with E-state index in [0.717, 1.165) is 21.7 Å². The molecule has 0 unspecified atom stereocenters. The van der Waals surface area contributed by atoms with E-state index < -0.39 is 11.3 Å². The second kappa shape index (κ2) is 6.50. The molecule has 5 nitrogen and oxygen atoms in total. The number of aliphatic hydroxyl groups is 1. The molecule has 5 rings (SSSR count). The topological polar surface area (TPSA) is 73.7 Å². The molecule has 0 saturated heterocycles. The van der Waals surface area contributed by atoms with Gasteiger partial charge in [0, 0.05) is 16.7 Å². The number of thiophene rings is 1. The zero-order chi connectivity index (χ0) is 20.2. The third-order valence-electron chi connectivity index (χ3n) is 6.25. The number of hydrogen-bond acceptors (Lipinski definition) is 5. The summed E-state index contributed by atoms with van der Waals surface area (Å²) in [7, 11) is 0. The zero-order valence-corrected chi connectivity index (χ0v) is 16.9. The number of allylic oxidation sites excluding steroid dienone is 1. The van der Waals surface area contributed by atoms with Crippen LogP contribution in [0.3, 0.4) is 0 Å². The average Bonchev–Trinajstić information content (AvgIpc) is 3.31. The van der Waals surface area contributed by atoms with Crippen LogP contribution in [0.5, 0.6) is 0 Å². The highest BCUT2D eigenvalue weighted by molar-refractivity contribution is 7.16. The number of benzene rings is 1. The Balaban J connectivity index is 1.38. The van der Waals surface area contributed by atoms with Gasteiger partial charge in [0.15, 0.2) is 0 Å². The minimum atomic E-state index is -1.01. The number of fused-ring (bicyclic) bond motifs is 1. The maximum absolute atomic E-state index is 13.2. The van der Waals surface area contributed by atoms with Crippen molar-refractivity contribution >= 4 is 34.7 Å². The van der Waals surface area contributed by atoms with Gasteiger partial charge >= 0.3 is 0 Å². The lowest BCUT2D eigenvalue weighted by molar-refractivity contribution is -0.0213. The van der Waals surface area contributed by atoms with Crippen LogP contribution in [-0.4, -0.2) is 29.4 Å². The predicted octanol–water partition coefficient (Wildman–Crippen LogP) is 4.06. The fraction of sp³-hybridized carbons (Fsp3) is 0.364. The average molecular weight is 412 g/mol. The first kappa shape index (κ1) is 18.5. The fourth-order valence-corrected chi connectivity index (χ4v) is 5.58. The number of halogens is 1. The molecule has 2 aromatic rings. The Kier molecular flexibility index (Phi) is 4.15. The predicted molar refractivity (Wildman–Crippen MR) is 113 cm³/mol. The molecular weight excluding hydrogens is 389 g/mol. The van der Waals surface area contributed by atoms with Crippen LogP contribution in [-0.2, 0) is 5.60 Å². The van der Waals surface area contributed by atoms with Gasteiger partial charge in [-0.15, -0.1) is 11.3 Å². The molecule has 150 valence electrons. The van der Waals surface area contributed by atoms with Gasteiger partial charge in [0.25, 0.3) is 5.91 Å². The Morgan fingerprint density at radius 1 is 1.14 bits per heavy atom. The number of anilines is 1. The third kappa shape index (κ3) is 3.09. The molecule has 29 heavy (non-hydrogen) atoms. The van der Waals surface area contributed by atoms with Gasteiger partial charge in [-0.2, -0.15) is 0 Å². The molecule has 1 saturated carbocycles. The van der Waals surface area contributed by atoms with Gasteiger partial charge in [-0.1, -0.05) is 12.1 Å². The van der Waals surface area contributed by atoms with Crippen molar-refractivity contribution in [2.75, 3.05) is 11.9 Å². The van der Waals surface area contributed by atoms with Crippen LogP contribution in [0.1, 0.15) is 52.7 Å². The van der Waals surface area contributed by atoms with E-state index in [1.807, 2.05) is 12.3 Å². The standard InChI is InChI=1S/C22H22FN3O2S/c1-13-11-24-12-16(13)18-10-17-19(29-18)20(27)26-22(25-17)8-6-21(28,7-9-22)14-2-4-15(23)5-3-14/h2-5,10,12,25,28H,6-9,11H2,1H3,(H,26,27). The molecule has 0 bridgehead atoms. The zero-order valence-electron chi connectivity index (χ0n) is 16.1. The smallest absolute Gasteiger partial charge is 0.265 e. The van der Waals surface area contributed by atoms with Crippen LogP contribution >= 0.6 is 11.3 Å². The highest BCUT2D eigenvalue weighted by Gasteiger charge is 2.46. The molecule has 2 aliphatic heterocycles. The van der Waals surface area contributed by atoms with Crippen molar-refractivity contribution in [3.63, 3.8) is 0 Å². The van der Waals surface area contributed by atoms with Crippen molar-refractivity contribution in [3.8, 4) is 0 Å². The van der Waals surface area contributed by atoms with E-state index in [4.69, 9.17) is 0 Å². The first-order chi connectivity index (χ1) is 13.9. The van der Waals surface area contributed by atoms with Gasteiger partial charge in [0.1, 0.15) is 16.4 Å². The number of nitrogens with zero attached hydrogens (tertiary/aromatic N) is 1. The Morgan fingerprint density at radius 3 is 2.52 bits per heavy atom. The molecule has 1 spiro atoms. The number of rotatable bonds is 2. The molecule has 1 aromatic carbocycles. The van der Waals surface area contributed by atoms with Crippen LogP contribution in [0, 0.1) is 5.82 Å². The molecule has 0 radical (unpaired) electrons. The van der Waals surface area contributed by atoms with Gasteiger partial charge in [-0.25, -0.2) is 4.39 Å². The first-order valence-electron chi connectivity index (χ1n) is 9.80. The Bertz CT molecular complexity index is 1050. The number of carbonyl (C=O) groups excluding carboxylic acids is 1. The molecule has 1 amide bonds. The molecule has 0 atom stereocenters. The minimum absolute atomic E-state index is 0.0737. The summed E-state index contributed by atoms with van der Waals surface area (Å²) in [5, 5.41) is 17.8. The summed E-state index contributed by atoms with van der Waals surface area (Å²) in [5.74, 6) is -0.389. The van der Waals surface area contributed by atoms with E-state index in [2.05, 4.69) is 22.5 Å². The summed E-state index contributed by atoms with van der Waals surface area (Å²) in [6, 6.07) is 8.07. The van der Waals surface area contributed by atoms with Crippen LogP contribution < -0.4 is 10.6 Å². The summed E-state index contributed by atoms with van der Waals surface area (Å²) in [6.07, 6.45) is 4.01. The SMILES string of the molecule is CC1=C(c2cc3c(s2)C(=O)NC2(CCC(O)(c4ccc(F)cc4)CC2)N3)C=NC1. The van der Waals surface area contributed by atoms with E-state index in [1.54, 1.807) is 12.1 Å². The minimum Gasteiger partial charge on any atom is -0.385 e. The molecular formula is C22H22FN3O2S. The summed E-state index contributed by atoms with van der Waals surface area (Å²) in [4.78, 5) is 18.9. The lowest BCUT2D eigenvalue weighted by atomic mass is 9.74. The molecule has 7 heteroatoms. The second-order valence-electron chi connectivity index (χ2n) is 8.22. The van der Waals surface area contributed by atoms with E-state index in [-0.39, 0.29) is 11.7 Å². The number of amides is 1. The first-order valence-corrected chi connectivity index (χ1v) is 10.6. The van der Waals surface area contributed by atoms with E-state index in [9.17, 15) is 14.3 Å². The van der Waals surface area contributed by atoms with Gasteiger partial charge in [0.2, 0.25) is 0 Å². The number of aliphatic imine (C=N–C) groups is 1. The number of nitrogens with one attached hydrogen (secondary N) is 2. The van der Waals surface area contributed by atoms with E-state index in [0.29, 0.717) is 37.1 Å². The lowest BCUT2D eigenvalue weighted by Gasteiger charge is -2.47. The Hall–Kier alpha value is -2.51. The molecule has 3 heterocycles. The second-order valence-corrected chi connectivity index (χ2v) is 9.27. The lowest BCUT2D eigenvalue weighted by Crippen LogP contribution is -2.60. The van der Waals surface area contributed by atoms with Crippen molar-refractivity contribution in [1.82, 2.24) is 5.32 Å². The van der Waals surface area contributed by atoms with Crippen LogP contribution in [0.15, 0.2) is 40.9 Å². The molecule has 1 aliphatic carbocycles. The highest BCUT2D eigenvalue weighted by atomic mass is 32.1. The fourth-order valence-electron chi connectivity index (χ4n) is 4.48. The molecule has 3 aliphatic rings. The van der Waals surface area contributed by atoms with Gasteiger partial charge in [0.05, 0.1) is 17.8 Å². The largest absolute Gasteiger partial charge is 0.385 e. The van der Waals surface area contributed by atoms with Crippen LogP contribution in [0.2, 0.25) is 0 Å². The molecule has 3 N–H and O–H groups in total. The van der Waals surface area contributed by atoms with Crippen molar-refractivity contribution < 1.29 is 14.3 Å². The van der Waals surface area contributed by atoms with Crippen molar-refractivity contribution in [3.05, 3.63) is 57.0 Å². The van der Waals surface area contributed by atoms with E-state index >= 15 is 0 Å². The third-order valence-corrected chi connectivity index (χ3v) is 7.42. The maximum atomic E-state index is 13.2. The monoisotopic (exact) mass is 411 g/mol. The summed E-state index contributed by atoms with van der Waals surface area (Å²) >= 11 is 1.48. The number of hydrogen-bond donors (Lipinski definition) is 3. The Morgan fingerprint density at radius 2 is 1.86 bits per heavy atom. The molecule has 1 fully saturated rings. The highest BCUT2D eigenvalue weighted by Crippen LogP contribution is 2.45. The van der Waals surface area contributed by atoms with Gasteiger partial charge in [-0.3, -0.25) is 9.79 Å². The summed E-state index contributed by atoms with van der Waals surface area (Å²) in [5.41, 5.74) is 2.30. The molecule has 1 aromatic heterocycles. The van der Waals surface area contributed by atoms with Crippen molar-refractivity contribution in [1.29, 1.82) is 0 Å².